The van der Waals surface area contributed by atoms with Crippen molar-refractivity contribution in [1.29, 1.82) is 0 Å². The molecule has 3 amide bonds. The number of benzene rings is 3. The lowest BCUT2D eigenvalue weighted by Gasteiger charge is -2.37. The quantitative estimate of drug-likeness (QED) is 0.283. The molecule has 3 N–H and O–H groups in total. The third-order valence-electron chi connectivity index (χ3n) is 6.50. The Labute approximate surface area is 247 Å². The fraction of sp³-hybridized carbons (Fsp3) is 0.364. The van der Waals surface area contributed by atoms with Crippen molar-refractivity contribution in [2.24, 2.45) is 0 Å². The minimum Gasteiger partial charge on any atom is -0.508 e. The highest BCUT2D eigenvalue weighted by Gasteiger charge is 2.38. The molecule has 9 heteroatoms. The van der Waals surface area contributed by atoms with Crippen LogP contribution in [0.25, 0.3) is 0 Å². The van der Waals surface area contributed by atoms with E-state index in [2.05, 4.69) is 10.6 Å². The summed E-state index contributed by atoms with van der Waals surface area (Å²) in [5.74, 6) is -0.206. The number of nitrogens with one attached hydrogen (secondary N) is 2. The van der Waals surface area contributed by atoms with Gasteiger partial charge in [0.2, 0.25) is 5.91 Å². The highest BCUT2D eigenvalue weighted by atomic mass is 16.6. The number of carbonyl (C=O) groups is 3. The first kappa shape index (κ1) is 32.0. The molecule has 0 aromatic heterocycles. The van der Waals surface area contributed by atoms with Crippen LogP contribution >= 0.6 is 0 Å². The molecule has 0 spiro atoms. The van der Waals surface area contributed by atoms with Crippen molar-refractivity contribution in [2.45, 2.75) is 71.7 Å². The summed E-state index contributed by atoms with van der Waals surface area (Å²) in [5, 5.41) is 15.9. The number of methoxy groups -OCH3 is 1. The van der Waals surface area contributed by atoms with Crippen LogP contribution in [0.5, 0.6) is 11.5 Å². The molecule has 2 atom stereocenters. The summed E-state index contributed by atoms with van der Waals surface area (Å²) < 4.78 is 10.7. The molecule has 224 valence electrons. The summed E-state index contributed by atoms with van der Waals surface area (Å²) in [6.07, 6.45) is -0.552. The molecule has 0 bridgehead atoms. The molecule has 9 nitrogen and oxygen atoms in total. The van der Waals surface area contributed by atoms with Crippen LogP contribution in [0, 0.1) is 6.92 Å². The Balaban J connectivity index is 2.06. The number of nitrogens with zero attached hydrogens (tertiary/aromatic N) is 1. The highest BCUT2D eigenvalue weighted by Crippen LogP contribution is 2.30. The third-order valence-corrected chi connectivity index (χ3v) is 6.50. The molecule has 2 unspecified atom stereocenters. The monoisotopic (exact) mass is 575 g/mol. The van der Waals surface area contributed by atoms with Crippen LogP contribution in [0.15, 0.2) is 72.8 Å². The van der Waals surface area contributed by atoms with Crippen LogP contribution in [0.1, 0.15) is 57.4 Å². The van der Waals surface area contributed by atoms with Crippen LogP contribution in [0.2, 0.25) is 0 Å². The van der Waals surface area contributed by atoms with Crippen LogP contribution in [0.3, 0.4) is 0 Å². The van der Waals surface area contributed by atoms with Crippen LogP contribution < -0.4 is 15.4 Å². The molecule has 0 fully saturated rings. The van der Waals surface area contributed by atoms with Crippen LogP contribution in [0.4, 0.5) is 10.5 Å². The summed E-state index contributed by atoms with van der Waals surface area (Å²) in [5.41, 5.74) is 1.64. The molecule has 42 heavy (non-hydrogen) atoms. The predicted molar refractivity (Wildman–Crippen MR) is 162 cm³/mol. The summed E-state index contributed by atoms with van der Waals surface area (Å²) in [6.45, 7) is 10.6. The van der Waals surface area contributed by atoms with E-state index in [4.69, 9.17) is 9.47 Å². The van der Waals surface area contributed by atoms with E-state index < -0.39 is 41.6 Å². The van der Waals surface area contributed by atoms with Crippen LogP contribution in [-0.4, -0.2) is 52.7 Å². The number of phenolic OH excluding ortho intramolecular Hbond substituents is 1. The Morgan fingerprint density at radius 1 is 0.952 bits per heavy atom. The molecule has 3 aromatic carbocycles. The number of carbonyl (C=O) groups excluding carboxylic acids is 3. The SMILES string of the molecule is COc1ccc(NC(=O)C(c2ccc(O)c(C)c2)N(C(=O)C(Cc2ccccc2)NC(=O)OC(C)(C)C)C(C)C)cc1. The minimum absolute atomic E-state index is 0.0732. The number of aryl methyl sites for hydroxylation is 1. The molecule has 0 heterocycles. The zero-order valence-electron chi connectivity index (χ0n) is 25.3. The van der Waals surface area contributed by atoms with Gasteiger partial charge in [-0.15, -0.1) is 0 Å². The van der Waals surface area contributed by atoms with Gasteiger partial charge in [0.25, 0.3) is 5.91 Å². The summed E-state index contributed by atoms with van der Waals surface area (Å²) in [7, 11) is 1.56. The van der Waals surface area contributed by atoms with E-state index in [1.807, 2.05) is 44.2 Å². The number of anilines is 1. The molecule has 3 aromatic rings. The van der Waals surface area contributed by atoms with Gasteiger partial charge in [0.1, 0.15) is 29.2 Å². The number of ether oxygens (including phenoxy) is 2. The molecular formula is C33H41N3O6. The first-order chi connectivity index (χ1) is 19.8. The Morgan fingerprint density at radius 3 is 2.14 bits per heavy atom. The number of hydrogen-bond acceptors (Lipinski definition) is 6. The number of hydrogen-bond donors (Lipinski definition) is 3. The minimum atomic E-state index is -1.09. The number of aromatic hydroxyl groups is 1. The van der Waals surface area contributed by atoms with E-state index in [1.165, 1.54) is 11.0 Å². The summed E-state index contributed by atoms with van der Waals surface area (Å²) in [6, 6.07) is 18.4. The average molecular weight is 576 g/mol. The van der Waals surface area contributed by atoms with Gasteiger partial charge in [-0.2, -0.15) is 0 Å². The molecule has 0 radical (unpaired) electrons. The van der Waals surface area contributed by atoms with Gasteiger partial charge in [0.05, 0.1) is 7.11 Å². The summed E-state index contributed by atoms with van der Waals surface area (Å²) in [4.78, 5) is 42.8. The third kappa shape index (κ3) is 8.73. The van der Waals surface area contributed by atoms with Gasteiger partial charge in [0, 0.05) is 18.2 Å². The van der Waals surface area contributed by atoms with E-state index in [9.17, 15) is 19.5 Å². The van der Waals surface area contributed by atoms with E-state index in [0.717, 1.165) is 5.56 Å². The Kier molecular flexibility index (Phi) is 10.6. The van der Waals surface area contributed by atoms with Crippen LogP contribution in [-0.2, 0) is 20.7 Å². The molecule has 3 rings (SSSR count). The fourth-order valence-electron chi connectivity index (χ4n) is 4.53. The van der Waals surface area contributed by atoms with Crippen molar-refractivity contribution >= 4 is 23.6 Å². The standard InChI is InChI=1S/C33H41N3O6/c1-21(2)36(31(39)27(20-23-11-9-8-10-12-23)35-32(40)42-33(4,5)6)29(24-13-18-28(37)22(3)19-24)30(38)34-25-14-16-26(41-7)17-15-25/h8-19,21,27,29,37H,20H2,1-7H3,(H,34,38)(H,35,40). The van der Waals surface area contributed by atoms with E-state index >= 15 is 0 Å². The van der Waals surface area contributed by atoms with Gasteiger partial charge in [-0.25, -0.2) is 4.79 Å². The summed E-state index contributed by atoms with van der Waals surface area (Å²) >= 11 is 0. The normalized spacial score (nSPS) is 12.7. The fourth-order valence-corrected chi connectivity index (χ4v) is 4.53. The average Bonchev–Trinajstić information content (AvgIpc) is 2.92. The lowest BCUT2D eigenvalue weighted by atomic mass is 9.97. The largest absolute Gasteiger partial charge is 0.508 e. The highest BCUT2D eigenvalue weighted by molar-refractivity contribution is 5.99. The lowest BCUT2D eigenvalue weighted by Crippen LogP contribution is -2.55. The Hall–Kier alpha value is -4.53. The number of rotatable bonds is 10. The van der Waals surface area contributed by atoms with Gasteiger partial charge in [0.15, 0.2) is 0 Å². The number of alkyl carbamates (subject to hydrolysis) is 1. The smallest absolute Gasteiger partial charge is 0.408 e. The predicted octanol–water partition coefficient (Wildman–Crippen LogP) is 5.76. The second-order valence-electron chi connectivity index (χ2n) is 11.4. The van der Waals surface area contributed by atoms with Crippen molar-refractivity contribution in [3.63, 3.8) is 0 Å². The van der Waals surface area contributed by atoms with Gasteiger partial charge < -0.3 is 30.1 Å². The Bertz CT molecular complexity index is 1370. The van der Waals surface area contributed by atoms with Gasteiger partial charge in [-0.05, 0) is 94.6 Å². The van der Waals surface area contributed by atoms with Gasteiger partial charge >= 0.3 is 6.09 Å². The van der Waals surface area contributed by atoms with E-state index in [-0.39, 0.29) is 12.2 Å². The van der Waals surface area contributed by atoms with E-state index in [1.54, 1.807) is 71.2 Å². The number of phenols is 1. The first-order valence-electron chi connectivity index (χ1n) is 13.9. The van der Waals surface area contributed by atoms with Crippen molar-refractivity contribution < 1.29 is 29.0 Å². The number of amides is 3. The van der Waals surface area contributed by atoms with Crippen molar-refractivity contribution in [3.05, 3.63) is 89.5 Å². The van der Waals surface area contributed by atoms with Gasteiger partial charge in [-0.3, -0.25) is 9.59 Å². The molecular weight excluding hydrogens is 534 g/mol. The topological polar surface area (TPSA) is 117 Å². The van der Waals surface area contributed by atoms with E-state index in [0.29, 0.717) is 22.6 Å². The maximum absolute atomic E-state index is 14.4. The van der Waals surface area contributed by atoms with Gasteiger partial charge in [-0.1, -0.05) is 36.4 Å². The maximum atomic E-state index is 14.4. The molecule has 0 aliphatic carbocycles. The van der Waals surface area contributed by atoms with Crippen molar-refractivity contribution in [1.82, 2.24) is 10.2 Å². The molecule has 0 aliphatic heterocycles. The second kappa shape index (κ2) is 13.9. The molecule has 0 aliphatic rings. The first-order valence-corrected chi connectivity index (χ1v) is 13.9. The molecule has 0 saturated carbocycles. The Morgan fingerprint density at radius 2 is 1.60 bits per heavy atom. The zero-order chi connectivity index (χ0) is 31.0. The molecule has 0 saturated heterocycles. The second-order valence-corrected chi connectivity index (χ2v) is 11.4. The van der Waals surface area contributed by atoms with Crippen molar-refractivity contribution in [2.75, 3.05) is 12.4 Å². The zero-order valence-corrected chi connectivity index (χ0v) is 25.3. The lowest BCUT2D eigenvalue weighted by molar-refractivity contribution is -0.142. The maximum Gasteiger partial charge on any atom is 0.408 e. The van der Waals surface area contributed by atoms with Crippen molar-refractivity contribution in [3.8, 4) is 11.5 Å².